The number of carbonyl (C=O) groups excluding carboxylic acids is 1. The highest BCUT2D eigenvalue weighted by molar-refractivity contribution is 5.99. The lowest BCUT2D eigenvalue weighted by atomic mass is 10.1. The van der Waals surface area contributed by atoms with Crippen molar-refractivity contribution in [3.63, 3.8) is 0 Å². The maximum atomic E-state index is 12.3. The Hall–Kier alpha value is -1.62. The predicted molar refractivity (Wildman–Crippen MR) is 64.7 cm³/mol. The van der Waals surface area contributed by atoms with Crippen molar-refractivity contribution in [1.29, 1.82) is 0 Å². The smallest absolute Gasteiger partial charge is 0.257 e. The van der Waals surface area contributed by atoms with Crippen molar-refractivity contribution in [2.75, 3.05) is 25.5 Å². The van der Waals surface area contributed by atoms with Gasteiger partial charge in [-0.1, -0.05) is 0 Å². The van der Waals surface area contributed by atoms with Gasteiger partial charge in [-0.15, -0.1) is 0 Å². The molecular formula is C12H17N3O2. The fourth-order valence-electron chi connectivity index (χ4n) is 1.94. The minimum atomic E-state index is -0.0641. The van der Waals surface area contributed by atoms with Crippen LogP contribution in [0.2, 0.25) is 0 Å². The van der Waals surface area contributed by atoms with E-state index in [-0.39, 0.29) is 11.9 Å². The molecule has 5 heteroatoms. The molecule has 2 heterocycles. The van der Waals surface area contributed by atoms with Crippen LogP contribution >= 0.6 is 0 Å². The van der Waals surface area contributed by atoms with E-state index >= 15 is 0 Å². The zero-order valence-electron chi connectivity index (χ0n) is 10.1. The second-order valence-corrected chi connectivity index (χ2v) is 4.34. The number of pyridine rings is 1. The first-order chi connectivity index (χ1) is 8.09. The molecule has 0 saturated carbocycles. The zero-order chi connectivity index (χ0) is 12.4. The van der Waals surface area contributed by atoms with Gasteiger partial charge in [-0.05, 0) is 19.9 Å². The van der Waals surface area contributed by atoms with Gasteiger partial charge in [0.1, 0.15) is 0 Å². The number of morpholine rings is 1. The lowest BCUT2D eigenvalue weighted by Crippen LogP contribution is -2.47. The number of aryl methyl sites for hydroxylation is 1. The Bertz CT molecular complexity index is 434. The second-order valence-electron chi connectivity index (χ2n) is 4.34. The zero-order valence-corrected chi connectivity index (χ0v) is 10.1. The number of carbonyl (C=O) groups is 1. The summed E-state index contributed by atoms with van der Waals surface area (Å²) in [6.07, 6.45) is 1.55. The average Bonchev–Trinajstić information content (AvgIpc) is 2.29. The number of nitrogen functional groups attached to an aromatic ring is 1. The third kappa shape index (κ3) is 2.39. The van der Waals surface area contributed by atoms with E-state index in [0.29, 0.717) is 31.0 Å². The van der Waals surface area contributed by atoms with Crippen LogP contribution < -0.4 is 5.73 Å². The number of nitrogens with zero attached hydrogens (tertiary/aromatic N) is 2. The van der Waals surface area contributed by atoms with Gasteiger partial charge in [0.15, 0.2) is 0 Å². The van der Waals surface area contributed by atoms with Crippen LogP contribution in [-0.4, -0.2) is 41.6 Å². The largest absolute Gasteiger partial charge is 0.398 e. The summed E-state index contributed by atoms with van der Waals surface area (Å²) < 4.78 is 5.31. The van der Waals surface area contributed by atoms with E-state index in [0.717, 1.165) is 5.69 Å². The Labute approximate surface area is 101 Å². The quantitative estimate of drug-likeness (QED) is 0.783. The van der Waals surface area contributed by atoms with E-state index in [1.54, 1.807) is 17.2 Å². The Morgan fingerprint density at radius 1 is 1.65 bits per heavy atom. The first kappa shape index (κ1) is 11.9. The van der Waals surface area contributed by atoms with Gasteiger partial charge in [0, 0.05) is 24.1 Å². The second kappa shape index (κ2) is 4.71. The van der Waals surface area contributed by atoms with Gasteiger partial charge < -0.3 is 15.4 Å². The fraction of sp³-hybridized carbons (Fsp3) is 0.500. The Morgan fingerprint density at radius 3 is 3.06 bits per heavy atom. The van der Waals surface area contributed by atoms with E-state index in [4.69, 9.17) is 10.5 Å². The third-order valence-corrected chi connectivity index (χ3v) is 2.93. The van der Waals surface area contributed by atoms with Gasteiger partial charge in [0.2, 0.25) is 0 Å². The molecule has 1 unspecified atom stereocenters. The summed E-state index contributed by atoms with van der Waals surface area (Å²) in [6, 6.07) is 1.80. The van der Waals surface area contributed by atoms with E-state index in [2.05, 4.69) is 4.98 Å². The molecule has 1 fully saturated rings. The van der Waals surface area contributed by atoms with Crippen LogP contribution in [0.5, 0.6) is 0 Å². The number of aromatic nitrogens is 1. The van der Waals surface area contributed by atoms with Crippen molar-refractivity contribution in [2.45, 2.75) is 19.9 Å². The molecule has 0 radical (unpaired) electrons. The molecule has 1 aliphatic rings. The van der Waals surface area contributed by atoms with Gasteiger partial charge in [-0.3, -0.25) is 9.78 Å². The summed E-state index contributed by atoms with van der Waals surface area (Å²) in [5.41, 5.74) is 7.63. The SMILES string of the molecule is Cc1cc(N)c(C(=O)N2CCOCC2C)cn1. The molecule has 5 nitrogen and oxygen atoms in total. The molecule has 1 aromatic rings. The van der Waals surface area contributed by atoms with Gasteiger partial charge in [-0.25, -0.2) is 0 Å². The summed E-state index contributed by atoms with van der Waals surface area (Å²) in [7, 11) is 0. The number of amides is 1. The van der Waals surface area contributed by atoms with E-state index in [9.17, 15) is 4.79 Å². The summed E-state index contributed by atoms with van der Waals surface area (Å²) >= 11 is 0. The standard InChI is InChI=1S/C12H17N3O2/c1-8-5-11(13)10(6-14-8)12(16)15-3-4-17-7-9(15)2/h5-6,9H,3-4,7H2,1-2H3,(H2,13,14). The summed E-state index contributed by atoms with van der Waals surface area (Å²) in [6.45, 7) is 5.57. The highest BCUT2D eigenvalue weighted by Crippen LogP contribution is 2.17. The molecule has 17 heavy (non-hydrogen) atoms. The first-order valence-electron chi connectivity index (χ1n) is 5.70. The average molecular weight is 235 g/mol. The Morgan fingerprint density at radius 2 is 2.41 bits per heavy atom. The van der Waals surface area contributed by atoms with Crippen LogP contribution in [0.1, 0.15) is 23.0 Å². The third-order valence-electron chi connectivity index (χ3n) is 2.93. The summed E-state index contributed by atoms with van der Waals surface area (Å²) in [4.78, 5) is 18.2. The van der Waals surface area contributed by atoms with E-state index in [1.165, 1.54) is 0 Å². The molecule has 1 atom stereocenters. The van der Waals surface area contributed by atoms with Gasteiger partial charge >= 0.3 is 0 Å². The van der Waals surface area contributed by atoms with Crippen molar-refractivity contribution in [2.24, 2.45) is 0 Å². The normalized spacial score (nSPS) is 20.4. The van der Waals surface area contributed by atoms with Gasteiger partial charge in [0.25, 0.3) is 5.91 Å². The van der Waals surface area contributed by atoms with Crippen LogP contribution in [0.4, 0.5) is 5.69 Å². The molecule has 0 aromatic carbocycles. The predicted octanol–water partition coefficient (Wildman–Crippen LogP) is 0.833. The van der Waals surface area contributed by atoms with Crippen LogP contribution in [0, 0.1) is 6.92 Å². The molecule has 0 bridgehead atoms. The van der Waals surface area contributed by atoms with Crippen molar-refractivity contribution < 1.29 is 9.53 Å². The number of hydrogen-bond acceptors (Lipinski definition) is 4. The molecule has 1 aliphatic heterocycles. The van der Waals surface area contributed by atoms with Crippen LogP contribution in [0.25, 0.3) is 0 Å². The van der Waals surface area contributed by atoms with Crippen LogP contribution in [-0.2, 0) is 4.74 Å². The van der Waals surface area contributed by atoms with Crippen LogP contribution in [0.3, 0.4) is 0 Å². The van der Waals surface area contributed by atoms with Gasteiger partial charge in [0.05, 0.1) is 24.8 Å². The molecule has 1 amide bonds. The number of rotatable bonds is 1. The molecule has 0 aliphatic carbocycles. The summed E-state index contributed by atoms with van der Waals surface area (Å²) in [5.74, 6) is -0.0641. The Balaban J connectivity index is 2.24. The molecule has 2 N–H and O–H groups in total. The van der Waals surface area contributed by atoms with Crippen LogP contribution in [0.15, 0.2) is 12.3 Å². The Kier molecular flexibility index (Phi) is 3.28. The maximum Gasteiger partial charge on any atom is 0.257 e. The monoisotopic (exact) mass is 235 g/mol. The molecular weight excluding hydrogens is 218 g/mol. The minimum Gasteiger partial charge on any atom is -0.398 e. The van der Waals surface area contributed by atoms with Crippen molar-refractivity contribution in [3.05, 3.63) is 23.5 Å². The topological polar surface area (TPSA) is 68.5 Å². The van der Waals surface area contributed by atoms with Crippen molar-refractivity contribution >= 4 is 11.6 Å². The van der Waals surface area contributed by atoms with E-state index < -0.39 is 0 Å². The summed E-state index contributed by atoms with van der Waals surface area (Å²) in [5, 5.41) is 0. The molecule has 0 spiro atoms. The van der Waals surface area contributed by atoms with Crippen molar-refractivity contribution in [1.82, 2.24) is 9.88 Å². The minimum absolute atomic E-state index is 0.0641. The number of nitrogens with two attached hydrogens (primary N) is 1. The lowest BCUT2D eigenvalue weighted by molar-refractivity contribution is 0.00363. The van der Waals surface area contributed by atoms with Crippen molar-refractivity contribution in [3.8, 4) is 0 Å². The molecule has 1 saturated heterocycles. The number of hydrogen-bond donors (Lipinski definition) is 1. The number of ether oxygens (including phenoxy) is 1. The molecule has 1 aromatic heterocycles. The fourth-order valence-corrected chi connectivity index (χ4v) is 1.94. The number of anilines is 1. The first-order valence-corrected chi connectivity index (χ1v) is 5.70. The highest BCUT2D eigenvalue weighted by Gasteiger charge is 2.26. The molecule has 92 valence electrons. The van der Waals surface area contributed by atoms with E-state index in [1.807, 2.05) is 13.8 Å². The van der Waals surface area contributed by atoms with Gasteiger partial charge in [-0.2, -0.15) is 0 Å². The highest BCUT2D eigenvalue weighted by atomic mass is 16.5. The maximum absolute atomic E-state index is 12.3. The lowest BCUT2D eigenvalue weighted by Gasteiger charge is -2.33. The molecule has 2 rings (SSSR count).